The standard InChI is InChI=1S/C21H26N3O3S2/c1-11-17(12(2)19(14-7-8-14)22-18(11)13-5-6-13)23-20(25)24-29(27)16-9-15(10-28-16)21(3,4)26/h9-10,13-14,26H,5-8H2,1-4H3,(H,22,23,25)/q-1. The molecule has 4 rings (SSSR count). The zero-order chi connectivity index (χ0) is 20.9. The summed E-state index contributed by atoms with van der Waals surface area (Å²) in [6.45, 7) is 7.31. The summed E-state index contributed by atoms with van der Waals surface area (Å²) in [7, 11) is -1.81. The Kier molecular flexibility index (Phi) is 5.29. The first-order valence-electron chi connectivity index (χ1n) is 9.92. The van der Waals surface area contributed by atoms with Crippen LogP contribution in [0.2, 0.25) is 0 Å². The quantitative estimate of drug-likeness (QED) is 0.612. The van der Waals surface area contributed by atoms with Crippen LogP contribution >= 0.6 is 11.3 Å². The number of hydrogen-bond acceptors (Lipinski definition) is 6. The lowest BCUT2D eigenvalue weighted by molar-refractivity contribution is 0.0789. The van der Waals surface area contributed by atoms with Crippen LogP contribution in [-0.2, 0) is 20.4 Å². The van der Waals surface area contributed by atoms with Crippen LogP contribution < -0.4 is 5.32 Å². The number of anilines is 1. The van der Waals surface area contributed by atoms with Crippen molar-refractivity contribution < 1.29 is 14.1 Å². The second-order valence-corrected chi connectivity index (χ2v) is 10.8. The lowest BCUT2D eigenvalue weighted by Gasteiger charge is -2.18. The highest BCUT2D eigenvalue weighted by Gasteiger charge is 2.33. The van der Waals surface area contributed by atoms with Gasteiger partial charge in [0.1, 0.15) is 0 Å². The van der Waals surface area contributed by atoms with Crippen molar-refractivity contribution in [1.82, 2.24) is 4.98 Å². The van der Waals surface area contributed by atoms with E-state index in [1.54, 1.807) is 25.3 Å². The summed E-state index contributed by atoms with van der Waals surface area (Å²) in [5, 5.41) is 14.7. The fraction of sp³-hybridized carbons (Fsp3) is 0.524. The number of urea groups is 1. The number of carbonyl (C=O) groups excluding carboxylic acids is 1. The van der Waals surface area contributed by atoms with Gasteiger partial charge in [-0.3, -0.25) is 4.98 Å². The number of nitrogens with one attached hydrogen (secondary N) is 1. The Labute approximate surface area is 177 Å². The third-order valence-corrected chi connectivity index (χ3v) is 7.77. The van der Waals surface area contributed by atoms with Crippen molar-refractivity contribution in [3.8, 4) is 0 Å². The van der Waals surface area contributed by atoms with Crippen LogP contribution in [0.4, 0.5) is 10.5 Å². The SMILES string of the molecule is Cc1c(C2CC2)nc(C2CC2)c(C)c1NC(=O)N=[S-](=O)c1cc(C(C)(C)O)cs1. The van der Waals surface area contributed by atoms with Crippen LogP contribution in [0.5, 0.6) is 0 Å². The third-order valence-electron chi connectivity index (χ3n) is 5.54. The van der Waals surface area contributed by atoms with E-state index in [4.69, 9.17) is 4.98 Å². The van der Waals surface area contributed by atoms with Gasteiger partial charge in [0.25, 0.3) is 0 Å². The molecule has 2 saturated carbocycles. The number of amides is 2. The molecule has 156 valence electrons. The van der Waals surface area contributed by atoms with Gasteiger partial charge in [0.05, 0.1) is 11.3 Å². The maximum absolute atomic E-state index is 12.6. The van der Waals surface area contributed by atoms with Gasteiger partial charge < -0.3 is 19.0 Å². The largest absolute Gasteiger partial charge is 0.439 e. The normalized spacial score (nSPS) is 18.1. The summed E-state index contributed by atoms with van der Waals surface area (Å²) >= 11 is 1.22. The topological polar surface area (TPSA) is 91.7 Å². The van der Waals surface area contributed by atoms with Gasteiger partial charge in [-0.1, -0.05) is 6.07 Å². The van der Waals surface area contributed by atoms with Crippen molar-refractivity contribution in [3.63, 3.8) is 0 Å². The van der Waals surface area contributed by atoms with Crippen LogP contribution in [-0.4, -0.2) is 16.1 Å². The maximum atomic E-state index is 12.6. The van der Waals surface area contributed by atoms with E-state index >= 15 is 0 Å². The van der Waals surface area contributed by atoms with E-state index in [0.29, 0.717) is 21.6 Å². The average Bonchev–Trinajstić information content (AvgIpc) is 3.57. The van der Waals surface area contributed by atoms with Crippen molar-refractivity contribution in [2.75, 3.05) is 5.32 Å². The summed E-state index contributed by atoms with van der Waals surface area (Å²) in [6, 6.07) is 1.01. The Morgan fingerprint density at radius 2 is 1.76 bits per heavy atom. The highest BCUT2D eigenvalue weighted by Crippen LogP contribution is 2.47. The minimum Gasteiger partial charge on any atom is -0.439 e. The molecule has 2 aromatic rings. The average molecular weight is 433 g/mol. The van der Waals surface area contributed by atoms with E-state index in [-0.39, 0.29) is 0 Å². The predicted molar refractivity (Wildman–Crippen MR) is 115 cm³/mol. The molecule has 0 aromatic carbocycles. The molecule has 8 heteroatoms. The Balaban J connectivity index is 1.60. The Morgan fingerprint density at radius 3 is 2.21 bits per heavy atom. The molecule has 6 nitrogen and oxygen atoms in total. The van der Waals surface area contributed by atoms with Gasteiger partial charge in [-0.15, -0.1) is 10.6 Å². The summed E-state index contributed by atoms with van der Waals surface area (Å²) in [6.07, 6.45) is 4.57. The van der Waals surface area contributed by atoms with Crippen molar-refractivity contribution in [1.29, 1.82) is 0 Å². The Hall–Kier alpha value is -1.77. The Bertz CT molecular complexity index is 1020. The molecule has 0 radical (unpaired) electrons. The van der Waals surface area contributed by atoms with Gasteiger partial charge in [-0.2, -0.15) is 11.3 Å². The fourth-order valence-electron chi connectivity index (χ4n) is 3.51. The summed E-state index contributed by atoms with van der Waals surface area (Å²) < 4.78 is 16.8. The minimum absolute atomic E-state index is 0.442. The van der Waals surface area contributed by atoms with E-state index in [1.165, 1.54) is 11.3 Å². The molecule has 29 heavy (non-hydrogen) atoms. The summed E-state index contributed by atoms with van der Waals surface area (Å²) in [4.78, 5) is 17.5. The van der Waals surface area contributed by atoms with Crippen LogP contribution in [0.3, 0.4) is 0 Å². The zero-order valence-electron chi connectivity index (χ0n) is 17.1. The molecule has 2 aromatic heterocycles. The fourth-order valence-corrected chi connectivity index (χ4v) is 5.40. The lowest BCUT2D eigenvalue weighted by atomic mass is 10.0. The summed E-state index contributed by atoms with van der Waals surface area (Å²) in [5.74, 6) is 0.974. The van der Waals surface area contributed by atoms with Crippen LogP contribution in [0.1, 0.15) is 79.4 Å². The van der Waals surface area contributed by atoms with Crippen LogP contribution in [0, 0.1) is 13.8 Å². The number of pyridine rings is 1. The minimum atomic E-state index is -1.81. The number of rotatable bonds is 5. The van der Waals surface area contributed by atoms with Crippen molar-refractivity contribution in [3.05, 3.63) is 39.5 Å². The molecule has 0 aliphatic heterocycles. The van der Waals surface area contributed by atoms with E-state index in [0.717, 1.165) is 53.9 Å². The zero-order valence-corrected chi connectivity index (χ0v) is 18.7. The molecule has 2 N–H and O–H groups in total. The van der Waals surface area contributed by atoms with Crippen molar-refractivity contribution in [2.45, 2.75) is 75.0 Å². The molecule has 0 unspecified atom stereocenters. The number of nitrogens with zero attached hydrogens (tertiary/aromatic N) is 2. The highest BCUT2D eigenvalue weighted by atomic mass is 32.2. The molecule has 0 spiro atoms. The molecule has 0 bridgehead atoms. The van der Waals surface area contributed by atoms with Crippen LogP contribution in [0.25, 0.3) is 0 Å². The molecule has 2 amide bonds. The summed E-state index contributed by atoms with van der Waals surface area (Å²) in [5.41, 5.74) is 4.55. The first kappa shape index (κ1) is 20.5. The van der Waals surface area contributed by atoms with Gasteiger partial charge in [0.2, 0.25) is 0 Å². The maximum Gasteiger partial charge on any atom is 0.322 e. The lowest BCUT2D eigenvalue weighted by Crippen LogP contribution is -2.14. The van der Waals surface area contributed by atoms with Gasteiger partial charge in [-0.05, 0) is 79.7 Å². The first-order chi connectivity index (χ1) is 13.6. The predicted octanol–water partition coefficient (Wildman–Crippen LogP) is 5.48. The number of hydrogen-bond donors (Lipinski definition) is 2. The monoisotopic (exact) mass is 432 g/mol. The van der Waals surface area contributed by atoms with E-state index in [2.05, 4.69) is 9.68 Å². The molecule has 2 heterocycles. The molecule has 2 aliphatic carbocycles. The van der Waals surface area contributed by atoms with Gasteiger partial charge in [-0.25, -0.2) is 4.79 Å². The number of carbonyl (C=O) groups is 1. The van der Waals surface area contributed by atoms with Gasteiger partial charge in [0.15, 0.2) is 0 Å². The Morgan fingerprint density at radius 1 is 1.21 bits per heavy atom. The number of aromatic nitrogens is 1. The van der Waals surface area contributed by atoms with E-state index in [9.17, 15) is 14.1 Å². The molecular weight excluding hydrogens is 406 g/mol. The van der Waals surface area contributed by atoms with E-state index in [1.807, 2.05) is 13.8 Å². The molecule has 2 fully saturated rings. The van der Waals surface area contributed by atoms with Crippen molar-refractivity contribution >= 4 is 33.7 Å². The van der Waals surface area contributed by atoms with Crippen molar-refractivity contribution in [2.24, 2.45) is 4.36 Å². The number of thiophene rings is 1. The molecule has 2 aliphatic rings. The van der Waals surface area contributed by atoms with Crippen LogP contribution in [0.15, 0.2) is 20.0 Å². The third kappa shape index (κ3) is 4.39. The molecule has 0 saturated heterocycles. The smallest absolute Gasteiger partial charge is 0.322 e. The van der Waals surface area contributed by atoms with Gasteiger partial charge in [0, 0.05) is 23.2 Å². The number of aliphatic hydroxyl groups is 1. The van der Waals surface area contributed by atoms with Gasteiger partial charge >= 0.3 is 6.03 Å². The molecular formula is C21H26N3O3S2-. The second-order valence-electron chi connectivity index (χ2n) is 8.54. The first-order valence-corrected chi connectivity index (χ1v) is 11.9. The van der Waals surface area contributed by atoms with E-state index < -0.39 is 22.2 Å². The molecule has 0 atom stereocenters. The second kappa shape index (κ2) is 7.49. The highest BCUT2D eigenvalue weighted by molar-refractivity contribution is 7.78.